The summed E-state index contributed by atoms with van der Waals surface area (Å²) in [4.78, 5) is 21.2. The number of amides is 2. The van der Waals surface area contributed by atoms with Crippen LogP contribution in [0.15, 0.2) is 36.8 Å². The van der Waals surface area contributed by atoms with Gasteiger partial charge in [-0.3, -0.25) is 14.6 Å². The van der Waals surface area contributed by atoms with Crippen LogP contribution < -0.4 is 5.32 Å². The minimum absolute atomic E-state index is 0.00367. The molecule has 3 rings (SSSR count). The first-order chi connectivity index (χ1) is 12.1. The molecule has 7 heteroatoms. The van der Waals surface area contributed by atoms with E-state index in [4.69, 9.17) is 0 Å². The Morgan fingerprint density at radius 3 is 2.88 bits per heavy atom. The van der Waals surface area contributed by atoms with E-state index in [1.54, 1.807) is 10.9 Å². The summed E-state index contributed by atoms with van der Waals surface area (Å²) in [5.74, 6) is 0. The third-order valence-electron chi connectivity index (χ3n) is 4.55. The predicted octanol–water partition coefficient (Wildman–Crippen LogP) is 1.79. The van der Waals surface area contributed by atoms with Crippen LogP contribution in [0.2, 0.25) is 0 Å². The van der Waals surface area contributed by atoms with Crippen LogP contribution >= 0.6 is 0 Å². The SMILES string of the molecule is C[C@@H](NC(=O)N1CCCN(Cc2ccccn2)CC1)c1cnn(C)c1. The summed E-state index contributed by atoms with van der Waals surface area (Å²) in [6.45, 7) is 6.19. The summed E-state index contributed by atoms with van der Waals surface area (Å²) in [6.07, 6.45) is 6.53. The van der Waals surface area contributed by atoms with E-state index in [1.807, 2.05) is 49.5 Å². The van der Waals surface area contributed by atoms with Gasteiger partial charge in [0.1, 0.15) is 0 Å². The molecule has 0 aromatic carbocycles. The van der Waals surface area contributed by atoms with E-state index in [-0.39, 0.29) is 12.1 Å². The summed E-state index contributed by atoms with van der Waals surface area (Å²) in [5.41, 5.74) is 2.09. The van der Waals surface area contributed by atoms with Gasteiger partial charge in [0.25, 0.3) is 0 Å². The fourth-order valence-corrected chi connectivity index (χ4v) is 3.08. The molecule has 25 heavy (non-hydrogen) atoms. The molecule has 1 fully saturated rings. The van der Waals surface area contributed by atoms with Crippen LogP contribution in [-0.4, -0.2) is 56.8 Å². The average Bonchev–Trinajstić information content (AvgIpc) is 2.91. The van der Waals surface area contributed by atoms with Crippen molar-refractivity contribution in [3.05, 3.63) is 48.0 Å². The zero-order valence-corrected chi connectivity index (χ0v) is 14.9. The van der Waals surface area contributed by atoms with Crippen molar-refractivity contribution >= 4 is 6.03 Å². The van der Waals surface area contributed by atoms with E-state index in [1.165, 1.54) is 0 Å². The van der Waals surface area contributed by atoms with Crippen molar-refractivity contribution in [3.63, 3.8) is 0 Å². The van der Waals surface area contributed by atoms with Gasteiger partial charge in [-0.1, -0.05) is 6.07 Å². The van der Waals surface area contributed by atoms with Crippen molar-refractivity contribution in [2.45, 2.75) is 25.9 Å². The van der Waals surface area contributed by atoms with Gasteiger partial charge >= 0.3 is 6.03 Å². The molecule has 7 nitrogen and oxygen atoms in total. The predicted molar refractivity (Wildman–Crippen MR) is 95.9 cm³/mol. The third-order valence-corrected chi connectivity index (χ3v) is 4.55. The monoisotopic (exact) mass is 342 g/mol. The van der Waals surface area contributed by atoms with Gasteiger partial charge in [0.15, 0.2) is 0 Å². The first-order valence-electron chi connectivity index (χ1n) is 8.78. The summed E-state index contributed by atoms with van der Waals surface area (Å²) in [6, 6.07) is 5.94. The normalized spacial score (nSPS) is 17.1. The molecule has 3 heterocycles. The lowest BCUT2D eigenvalue weighted by molar-refractivity contribution is 0.194. The number of carbonyl (C=O) groups excluding carboxylic acids is 1. The highest BCUT2D eigenvalue weighted by atomic mass is 16.2. The number of rotatable bonds is 4. The van der Waals surface area contributed by atoms with Gasteiger partial charge in [0.05, 0.1) is 17.9 Å². The van der Waals surface area contributed by atoms with Crippen LogP contribution in [0.25, 0.3) is 0 Å². The lowest BCUT2D eigenvalue weighted by Crippen LogP contribution is -2.42. The van der Waals surface area contributed by atoms with Crippen molar-refractivity contribution in [3.8, 4) is 0 Å². The molecule has 1 saturated heterocycles. The second kappa shape index (κ2) is 8.11. The number of aryl methyl sites for hydroxylation is 1. The highest BCUT2D eigenvalue weighted by Crippen LogP contribution is 2.12. The van der Waals surface area contributed by atoms with Crippen LogP contribution in [0.4, 0.5) is 4.79 Å². The maximum atomic E-state index is 12.6. The minimum atomic E-state index is -0.0472. The van der Waals surface area contributed by atoms with E-state index in [0.29, 0.717) is 0 Å². The van der Waals surface area contributed by atoms with E-state index >= 15 is 0 Å². The van der Waals surface area contributed by atoms with E-state index in [9.17, 15) is 4.79 Å². The van der Waals surface area contributed by atoms with Crippen LogP contribution in [0.3, 0.4) is 0 Å². The van der Waals surface area contributed by atoms with E-state index < -0.39 is 0 Å². The van der Waals surface area contributed by atoms with Gasteiger partial charge in [0.2, 0.25) is 0 Å². The zero-order chi connectivity index (χ0) is 17.6. The Morgan fingerprint density at radius 2 is 2.16 bits per heavy atom. The Balaban J connectivity index is 1.51. The van der Waals surface area contributed by atoms with E-state index in [0.717, 1.165) is 50.4 Å². The molecule has 0 bridgehead atoms. The summed E-state index contributed by atoms with van der Waals surface area (Å²) >= 11 is 0. The van der Waals surface area contributed by atoms with Crippen LogP contribution in [0.5, 0.6) is 0 Å². The van der Waals surface area contributed by atoms with Crippen molar-refractivity contribution in [1.82, 2.24) is 29.9 Å². The quantitative estimate of drug-likeness (QED) is 0.920. The van der Waals surface area contributed by atoms with E-state index in [2.05, 4.69) is 20.3 Å². The number of carbonyl (C=O) groups is 1. The number of pyridine rings is 1. The second-order valence-corrected chi connectivity index (χ2v) is 6.56. The molecule has 1 atom stereocenters. The lowest BCUT2D eigenvalue weighted by Gasteiger charge is -2.24. The molecular formula is C18H26N6O. The Bertz CT molecular complexity index is 686. The number of aromatic nitrogens is 3. The summed E-state index contributed by atoms with van der Waals surface area (Å²) in [5, 5.41) is 7.24. The molecule has 0 unspecified atom stereocenters. The van der Waals surface area contributed by atoms with Gasteiger partial charge in [-0.2, -0.15) is 5.10 Å². The molecule has 0 radical (unpaired) electrons. The summed E-state index contributed by atoms with van der Waals surface area (Å²) < 4.78 is 1.75. The van der Waals surface area contributed by atoms with Crippen molar-refractivity contribution in [1.29, 1.82) is 0 Å². The molecule has 134 valence electrons. The van der Waals surface area contributed by atoms with Gasteiger partial charge in [-0.25, -0.2) is 4.79 Å². The number of hydrogen-bond donors (Lipinski definition) is 1. The minimum Gasteiger partial charge on any atom is -0.331 e. The number of urea groups is 1. The largest absolute Gasteiger partial charge is 0.331 e. The summed E-state index contributed by atoms with van der Waals surface area (Å²) in [7, 11) is 1.88. The van der Waals surface area contributed by atoms with Gasteiger partial charge < -0.3 is 10.2 Å². The van der Waals surface area contributed by atoms with Crippen molar-refractivity contribution in [2.75, 3.05) is 26.2 Å². The molecule has 1 aliphatic rings. The molecule has 0 spiro atoms. The Morgan fingerprint density at radius 1 is 1.28 bits per heavy atom. The van der Waals surface area contributed by atoms with Crippen LogP contribution in [-0.2, 0) is 13.6 Å². The molecule has 1 N–H and O–H groups in total. The third kappa shape index (κ3) is 4.79. The smallest absolute Gasteiger partial charge is 0.317 e. The average molecular weight is 342 g/mol. The fraction of sp³-hybridized carbons (Fsp3) is 0.500. The molecule has 2 aromatic rings. The van der Waals surface area contributed by atoms with Gasteiger partial charge in [0, 0.05) is 57.7 Å². The highest BCUT2D eigenvalue weighted by molar-refractivity contribution is 5.74. The number of nitrogens with zero attached hydrogens (tertiary/aromatic N) is 5. The first kappa shape index (κ1) is 17.4. The maximum absolute atomic E-state index is 12.6. The van der Waals surface area contributed by atoms with Crippen LogP contribution in [0.1, 0.15) is 30.6 Å². The zero-order valence-electron chi connectivity index (χ0n) is 14.9. The standard InChI is InChI=1S/C18H26N6O/c1-15(16-12-20-22(2)13-16)21-18(25)24-9-5-8-23(10-11-24)14-17-6-3-4-7-19-17/h3-4,6-7,12-13,15H,5,8-11,14H2,1-2H3,(H,21,25)/t15-/m1/s1. The number of hydrogen-bond acceptors (Lipinski definition) is 4. The highest BCUT2D eigenvalue weighted by Gasteiger charge is 2.21. The molecular weight excluding hydrogens is 316 g/mol. The molecule has 1 aliphatic heterocycles. The van der Waals surface area contributed by atoms with Crippen molar-refractivity contribution < 1.29 is 4.79 Å². The van der Waals surface area contributed by atoms with Gasteiger partial charge in [-0.05, 0) is 25.5 Å². The van der Waals surface area contributed by atoms with Crippen LogP contribution in [0, 0.1) is 0 Å². The first-order valence-corrected chi connectivity index (χ1v) is 8.78. The molecule has 2 amide bonds. The second-order valence-electron chi connectivity index (χ2n) is 6.56. The molecule has 2 aromatic heterocycles. The number of nitrogens with one attached hydrogen (secondary N) is 1. The van der Waals surface area contributed by atoms with Gasteiger partial charge in [-0.15, -0.1) is 0 Å². The molecule has 0 saturated carbocycles. The fourth-order valence-electron chi connectivity index (χ4n) is 3.08. The molecule has 0 aliphatic carbocycles. The topological polar surface area (TPSA) is 66.3 Å². The Hall–Kier alpha value is -2.41. The van der Waals surface area contributed by atoms with Crippen molar-refractivity contribution in [2.24, 2.45) is 7.05 Å². The lowest BCUT2D eigenvalue weighted by atomic mass is 10.2. The Labute approximate surface area is 148 Å². The maximum Gasteiger partial charge on any atom is 0.317 e. The Kier molecular flexibility index (Phi) is 5.65.